The molecule has 1 saturated carbocycles. The third kappa shape index (κ3) is 4.69. The van der Waals surface area contributed by atoms with Crippen molar-refractivity contribution in [3.63, 3.8) is 0 Å². The van der Waals surface area contributed by atoms with Crippen molar-refractivity contribution in [2.75, 3.05) is 0 Å². The molecule has 2 heterocycles. The summed E-state index contributed by atoms with van der Waals surface area (Å²) in [5.74, 6) is -0.153. The first-order valence-corrected chi connectivity index (χ1v) is 12.6. The van der Waals surface area contributed by atoms with Crippen LogP contribution in [0, 0.1) is 24.6 Å². The number of aromatic nitrogens is 1. The molecular weight excluding hydrogens is 441 g/mol. The molecule has 3 aromatic rings. The lowest BCUT2D eigenvalue weighted by atomic mass is 9.82. The average molecular weight is 474 g/mol. The molecule has 5 heteroatoms. The van der Waals surface area contributed by atoms with E-state index < -0.39 is 11.9 Å². The van der Waals surface area contributed by atoms with Gasteiger partial charge in [-0.25, -0.2) is 4.39 Å². The number of hydrogen-bond donors (Lipinski definition) is 1. The van der Waals surface area contributed by atoms with E-state index >= 15 is 0 Å². The zero-order valence-electron chi connectivity index (χ0n) is 20.6. The fourth-order valence-electron chi connectivity index (χ4n) is 5.52. The van der Waals surface area contributed by atoms with Crippen LogP contribution in [0.25, 0.3) is 11.1 Å². The second-order valence-electron chi connectivity index (χ2n) is 10.1. The number of fused-ring (bicyclic) bond motifs is 1. The quantitative estimate of drug-likeness (QED) is 0.400. The standard InChI is InChI=1S/C30H32FNO3/c1-4-19-14-22(9-11-24(19)25-13-17(2)32-16-26(25)31)27-12-10-20-5-8-23(15-28(20)35-27)29(21-6-7-21)18(3)30(33)34/h5,8-9,11,13-16,18,21,27,29H,4,6-7,10,12H2,1-3H3,(H,33,34)/t18-,27?,29-/m0/s1. The molecule has 1 aliphatic carbocycles. The van der Waals surface area contributed by atoms with Gasteiger partial charge in [0.15, 0.2) is 0 Å². The van der Waals surface area contributed by atoms with Crippen molar-refractivity contribution in [1.82, 2.24) is 4.98 Å². The van der Waals surface area contributed by atoms with Gasteiger partial charge in [0.1, 0.15) is 17.7 Å². The third-order valence-corrected chi connectivity index (χ3v) is 7.64. The predicted molar refractivity (Wildman–Crippen MR) is 134 cm³/mol. The van der Waals surface area contributed by atoms with Gasteiger partial charge < -0.3 is 9.84 Å². The van der Waals surface area contributed by atoms with Gasteiger partial charge in [-0.15, -0.1) is 0 Å². The van der Waals surface area contributed by atoms with Gasteiger partial charge >= 0.3 is 5.97 Å². The molecule has 182 valence electrons. The molecule has 0 radical (unpaired) electrons. The highest BCUT2D eigenvalue weighted by molar-refractivity contribution is 5.71. The first kappa shape index (κ1) is 23.5. The van der Waals surface area contributed by atoms with Crippen LogP contribution in [0.15, 0.2) is 48.7 Å². The fourth-order valence-corrected chi connectivity index (χ4v) is 5.52. The summed E-state index contributed by atoms with van der Waals surface area (Å²) in [6.45, 7) is 5.77. The number of aryl methyl sites for hydroxylation is 3. The summed E-state index contributed by atoms with van der Waals surface area (Å²) in [5, 5.41) is 9.65. The first-order valence-electron chi connectivity index (χ1n) is 12.6. The topological polar surface area (TPSA) is 59.4 Å². The van der Waals surface area contributed by atoms with Gasteiger partial charge in [0.25, 0.3) is 0 Å². The highest BCUT2D eigenvalue weighted by atomic mass is 19.1. The maximum Gasteiger partial charge on any atom is 0.306 e. The molecule has 2 aliphatic rings. The number of aliphatic carboxylic acids is 1. The van der Waals surface area contributed by atoms with Crippen LogP contribution in [0.4, 0.5) is 4.39 Å². The minimum Gasteiger partial charge on any atom is -0.485 e. The van der Waals surface area contributed by atoms with E-state index in [4.69, 9.17) is 4.74 Å². The molecule has 3 atom stereocenters. The molecule has 35 heavy (non-hydrogen) atoms. The number of nitrogens with zero attached hydrogens (tertiary/aromatic N) is 1. The van der Waals surface area contributed by atoms with E-state index in [0.717, 1.165) is 65.8 Å². The molecule has 0 bridgehead atoms. The lowest BCUT2D eigenvalue weighted by molar-refractivity contribution is -0.142. The zero-order valence-corrected chi connectivity index (χ0v) is 20.6. The average Bonchev–Trinajstić information content (AvgIpc) is 3.70. The number of carboxylic acids is 1. The normalized spacial score (nSPS) is 18.9. The van der Waals surface area contributed by atoms with E-state index in [-0.39, 0.29) is 17.8 Å². The van der Waals surface area contributed by atoms with Gasteiger partial charge in [-0.05, 0) is 90.8 Å². The molecule has 4 nitrogen and oxygen atoms in total. The molecular formula is C30H32FNO3. The van der Waals surface area contributed by atoms with Crippen molar-refractivity contribution in [3.05, 3.63) is 82.4 Å². The number of carbonyl (C=O) groups is 1. The summed E-state index contributed by atoms with van der Waals surface area (Å²) in [7, 11) is 0. The highest BCUT2D eigenvalue weighted by Crippen LogP contribution is 2.48. The second-order valence-corrected chi connectivity index (χ2v) is 10.1. The summed E-state index contributed by atoms with van der Waals surface area (Å²) in [5.41, 5.74) is 6.67. The maximum absolute atomic E-state index is 14.5. The summed E-state index contributed by atoms with van der Waals surface area (Å²) >= 11 is 0. The number of ether oxygens (including phenoxy) is 1. The SMILES string of the molecule is CCc1cc(C2CCc3ccc([C@H](C4CC4)[C@H](C)C(=O)O)cc3O2)ccc1-c1cc(C)ncc1F. The Balaban J connectivity index is 1.43. The van der Waals surface area contributed by atoms with Crippen LogP contribution in [-0.4, -0.2) is 16.1 Å². The summed E-state index contributed by atoms with van der Waals surface area (Å²) in [6.07, 6.45) is 5.95. The summed E-state index contributed by atoms with van der Waals surface area (Å²) in [4.78, 5) is 15.8. The Labute approximate surface area is 206 Å². The molecule has 2 aromatic carbocycles. The number of rotatable bonds is 7. The highest BCUT2D eigenvalue weighted by Gasteiger charge is 2.39. The lowest BCUT2D eigenvalue weighted by Crippen LogP contribution is -2.21. The molecule has 1 aromatic heterocycles. The smallest absolute Gasteiger partial charge is 0.306 e. The van der Waals surface area contributed by atoms with Gasteiger partial charge in [-0.1, -0.05) is 44.2 Å². The van der Waals surface area contributed by atoms with Crippen molar-refractivity contribution in [3.8, 4) is 16.9 Å². The van der Waals surface area contributed by atoms with Gasteiger partial charge in [0.05, 0.1) is 12.1 Å². The van der Waals surface area contributed by atoms with Crippen molar-refractivity contribution >= 4 is 5.97 Å². The van der Waals surface area contributed by atoms with Crippen LogP contribution >= 0.6 is 0 Å². The molecule has 1 N–H and O–H groups in total. The van der Waals surface area contributed by atoms with Gasteiger partial charge in [-0.2, -0.15) is 0 Å². The molecule has 0 saturated heterocycles. The maximum atomic E-state index is 14.5. The molecule has 5 rings (SSSR count). The van der Waals surface area contributed by atoms with Crippen molar-refractivity contribution in [2.24, 2.45) is 11.8 Å². The summed E-state index contributed by atoms with van der Waals surface area (Å²) in [6, 6.07) is 14.3. The minimum absolute atomic E-state index is 0.0199. The van der Waals surface area contributed by atoms with Crippen LogP contribution in [0.3, 0.4) is 0 Å². The van der Waals surface area contributed by atoms with Gasteiger partial charge in [0, 0.05) is 11.3 Å². The zero-order chi connectivity index (χ0) is 24.7. The van der Waals surface area contributed by atoms with Gasteiger partial charge in [0.2, 0.25) is 0 Å². The van der Waals surface area contributed by atoms with Crippen molar-refractivity contribution in [1.29, 1.82) is 0 Å². The number of hydrogen-bond acceptors (Lipinski definition) is 3. The molecule has 0 spiro atoms. The van der Waals surface area contributed by atoms with E-state index in [1.165, 1.54) is 11.8 Å². The van der Waals surface area contributed by atoms with E-state index in [2.05, 4.69) is 36.2 Å². The Kier molecular flexibility index (Phi) is 6.35. The Morgan fingerprint density at radius 1 is 1.14 bits per heavy atom. The molecule has 1 aliphatic heterocycles. The second kappa shape index (κ2) is 9.44. The lowest BCUT2D eigenvalue weighted by Gasteiger charge is -2.29. The van der Waals surface area contributed by atoms with Gasteiger partial charge in [-0.3, -0.25) is 9.78 Å². The third-order valence-electron chi connectivity index (χ3n) is 7.64. The Morgan fingerprint density at radius 3 is 2.66 bits per heavy atom. The minimum atomic E-state index is -0.744. The van der Waals surface area contributed by atoms with Crippen molar-refractivity contribution < 1.29 is 19.0 Å². The fraction of sp³-hybridized carbons (Fsp3) is 0.400. The van der Waals surface area contributed by atoms with Crippen LogP contribution < -0.4 is 4.74 Å². The van der Waals surface area contributed by atoms with E-state index in [9.17, 15) is 14.3 Å². The van der Waals surface area contributed by atoms with E-state index in [1.807, 2.05) is 26.0 Å². The van der Waals surface area contributed by atoms with Crippen molar-refractivity contribution in [2.45, 2.75) is 64.9 Å². The number of benzene rings is 2. The molecule has 1 fully saturated rings. The number of carboxylic acid groups (broad SMARTS) is 1. The number of halogens is 1. The van der Waals surface area contributed by atoms with Crippen LogP contribution in [0.5, 0.6) is 5.75 Å². The Bertz CT molecular complexity index is 1270. The largest absolute Gasteiger partial charge is 0.485 e. The van der Waals surface area contributed by atoms with E-state index in [1.54, 1.807) is 6.07 Å². The number of pyridine rings is 1. The summed E-state index contributed by atoms with van der Waals surface area (Å²) < 4.78 is 21.0. The molecule has 0 amide bonds. The molecule has 1 unspecified atom stereocenters. The Hall–Kier alpha value is -3.21. The first-order chi connectivity index (χ1) is 16.9. The van der Waals surface area contributed by atoms with E-state index in [0.29, 0.717) is 11.5 Å². The Morgan fingerprint density at radius 2 is 1.94 bits per heavy atom. The predicted octanol–water partition coefficient (Wildman–Crippen LogP) is 7.04. The van der Waals surface area contributed by atoms with Crippen LogP contribution in [0.2, 0.25) is 0 Å². The monoisotopic (exact) mass is 473 g/mol. The van der Waals surface area contributed by atoms with Crippen LogP contribution in [-0.2, 0) is 17.6 Å². The van der Waals surface area contributed by atoms with Crippen LogP contribution in [0.1, 0.15) is 73.1 Å².